The van der Waals surface area contributed by atoms with Crippen molar-refractivity contribution in [3.8, 4) is 0 Å². The van der Waals surface area contributed by atoms with Crippen LogP contribution in [0.25, 0.3) is 0 Å². The summed E-state index contributed by atoms with van der Waals surface area (Å²) in [4.78, 5) is 10.5. The third-order valence-corrected chi connectivity index (χ3v) is 1.93. The Morgan fingerprint density at radius 1 is 1.80 bits per heavy atom. The maximum atomic E-state index is 10.5. The predicted octanol–water partition coefficient (Wildman–Crippen LogP) is 0.886. The van der Waals surface area contributed by atoms with Crippen LogP contribution in [0, 0.1) is 5.92 Å². The highest BCUT2D eigenvalue weighted by atomic mass is 16.5. The summed E-state index contributed by atoms with van der Waals surface area (Å²) < 4.78 is 5.20. The molecule has 0 bridgehead atoms. The summed E-state index contributed by atoms with van der Waals surface area (Å²) in [7, 11) is 0. The summed E-state index contributed by atoms with van der Waals surface area (Å²) in [5.74, 6) is -0.977. The zero-order valence-electron chi connectivity index (χ0n) is 6.04. The lowest BCUT2D eigenvalue weighted by Crippen LogP contribution is -2.22. The lowest BCUT2D eigenvalue weighted by molar-refractivity contribution is -0.143. The van der Waals surface area contributed by atoms with Gasteiger partial charge in [0.25, 0.3) is 0 Å². The van der Waals surface area contributed by atoms with Crippen molar-refractivity contribution < 1.29 is 14.6 Å². The van der Waals surface area contributed by atoms with Gasteiger partial charge in [-0.25, -0.2) is 0 Å². The molecule has 3 nitrogen and oxygen atoms in total. The zero-order chi connectivity index (χ0) is 7.56. The van der Waals surface area contributed by atoms with Gasteiger partial charge in [-0.2, -0.15) is 0 Å². The Labute approximate surface area is 60.0 Å². The van der Waals surface area contributed by atoms with Crippen molar-refractivity contribution in [2.45, 2.75) is 25.9 Å². The Morgan fingerprint density at radius 2 is 2.50 bits per heavy atom. The van der Waals surface area contributed by atoms with E-state index in [1.807, 2.05) is 6.92 Å². The number of hydrogen-bond donors (Lipinski definition) is 1. The van der Waals surface area contributed by atoms with Crippen molar-refractivity contribution >= 4 is 5.97 Å². The van der Waals surface area contributed by atoms with Crippen molar-refractivity contribution in [2.24, 2.45) is 5.92 Å². The van der Waals surface area contributed by atoms with Crippen molar-refractivity contribution in [3.63, 3.8) is 0 Å². The van der Waals surface area contributed by atoms with E-state index < -0.39 is 5.97 Å². The minimum atomic E-state index is -0.718. The van der Waals surface area contributed by atoms with E-state index in [9.17, 15) is 4.79 Å². The highest BCUT2D eigenvalue weighted by Gasteiger charge is 2.32. The molecule has 0 aromatic heterocycles. The molecular formula is C7H12O3. The number of ether oxygens (including phenoxy) is 1. The molecule has 0 aliphatic carbocycles. The Balaban J connectivity index is 2.50. The van der Waals surface area contributed by atoms with E-state index in [1.54, 1.807) is 0 Å². The highest BCUT2D eigenvalue weighted by Crippen LogP contribution is 2.22. The molecule has 1 fully saturated rings. The van der Waals surface area contributed by atoms with Gasteiger partial charge in [0.1, 0.15) is 0 Å². The molecule has 0 amide bonds. The summed E-state index contributed by atoms with van der Waals surface area (Å²) in [5, 5.41) is 8.63. The van der Waals surface area contributed by atoms with E-state index in [1.165, 1.54) is 0 Å². The first-order valence-corrected chi connectivity index (χ1v) is 3.60. The van der Waals surface area contributed by atoms with Gasteiger partial charge in [0.05, 0.1) is 12.0 Å². The molecule has 0 unspecified atom stereocenters. The Bertz CT molecular complexity index is 133. The van der Waals surface area contributed by atoms with E-state index >= 15 is 0 Å². The summed E-state index contributed by atoms with van der Waals surface area (Å²) >= 11 is 0. The lowest BCUT2D eigenvalue weighted by Gasteiger charge is -2.10. The van der Waals surface area contributed by atoms with Crippen LogP contribution in [-0.4, -0.2) is 23.8 Å². The first-order valence-electron chi connectivity index (χ1n) is 3.60. The quantitative estimate of drug-likeness (QED) is 0.626. The minimum Gasteiger partial charge on any atom is -0.481 e. The molecule has 2 atom stereocenters. The summed E-state index contributed by atoms with van der Waals surface area (Å²) in [6, 6.07) is 0. The standard InChI is InChI=1S/C7H12O3/c1-2-6-5(7(8)9)3-4-10-6/h5-6H,2-4H2,1H3,(H,8,9)/t5-,6+/m1/s1. The van der Waals surface area contributed by atoms with E-state index in [2.05, 4.69) is 0 Å². The van der Waals surface area contributed by atoms with Crippen LogP contribution in [0.5, 0.6) is 0 Å². The number of rotatable bonds is 2. The van der Waals surface area contributed by atoms with Gasteiger partial charge in [0.2, 0.25) is 0 Å². The van der Waals surface area contributed by atoms with Gasteiger partial charge in [0.15, 0.2) is 0 Å². The predicted molar refractivity (Wildman–Crippen MR) is 35.8 cm³/mol. The highest BCUT2D eigenvalue weighted by molar-refractivity contribution is 5.71. The number of carboxylic acids is 1. The van der Waals surface area contributed by atoms with E-state index in [0.717, 1.165) is 6.42 Å². The van der Waals surface area contributed by atoms with Crippen LogP contribution in [0.15, 0.2) is 0 Å². The van der Waals surface area contributed by atoms with Crippen LogP contribution >= 0.6 is 0 Å². The molecule has 1 saturated heterocycles. The third-order valence-electron chi connectivity index (χ3n) is 1.93. The molecule has 1 aliphatic rings. The molecule has 1 rings (SSSR count). The Hall–Kier alpha value is -0.570. The minimum absolute atomic E-state index is 0.0440. The smallest absolute Gasteiger partial charge is 0.309 e. The van der Waals surface area contributed by atoms with Gasteiger partial charge >= 0.3 is 5.97 Å². The molecule has 58 valence electrons. The molecule has 10 heavy (non-hydrogen) atoms. The zero-order valence-corrected chi connectivity index (χ0v) is 6.04. The Morgan fingerprint density at radius 3 is 2.90 bits per heavy atom. The molecule has 0 spiro atoms. The van der Waals surface area contributed by atoms with Gasteiger partial charge in [-0.1, -0.05) is 6.92 Å². The largest absolute Gasteiger partial charge is 0.481 e. The molecule has 0 radical (unpaired) electrons. The molecule has 1 N–H and O–H groups in total. The van der Waals surface area contributed by atoms with Gasteiger partial charge in [-0.15, -0.1) is 0 Å². The summed E-state index contributed by atoms with van der Waals surface area (Å²) in [5.41, 5.74) is 0. The van der Waals surface area contributed by atoms with E-state index in [0.29, 0.717) is 13.0 Å². The second kappa shape index (κ2) is 3.01. The molecule has 1 heterocycles. The average Bonchev–Trinajstić information content (AvgIpc) is 2.33. The van der Waals surface area contributed by atoms with Gasteiger partial charge in [0, 0.05) is 6.61 Å². The van der Waals surface area contributed by atoms with Crippen LogP contribution in [0.1, 0.15) is 19.8 Å². The van der Waals surface area contributed by atoms with Crippen LogP contribution in [0.2, 0.25) is 0 Å². The molecule has 3 heteroatoms. The second-order valence-electron chi connectivity index (χ2n) is 2.55. The topological polar surface area (TPSA) is 46.5 Å². The van der Waals surface area contributed by atoms with E-state index in [4.69, 9.17) is 9.84 Å². The van der Waals surface area contributed by atoms with Gasteiger partial charge < -0.3 is 9.84 Å². The monoisotopic (exact) mass is 144 g/mol. The average molecular weight is 144 g/mol. The van der Waals surface area contributed by atoms with Crippen molar-refractivity contribution in [1.82, 2.24) is 0 Å². The molecule has 0 aromatic carbocycles. The fourth-order valence-electron chi connectivity index (χ4n) is 1.33. The normalized spacial score (nSPS) is 32.5. The molecule has 0 aromatic rings. The lowest BCUT2D eigenvalue weighted by atomic mass is 10.0. The SMILES string of the molecule is CC[C@@H]1OCC[C@H]1C(=O)O. The van der Waals surface area contributed by atoms with Crippen molar-refractivity contribution in [1.29, 1.82) is 0 Å². The van der Waals surface area contributed by atoms with Crippen LogP contribution in [-0.2, 0) is 9.53 Å². The fraction of sp³-hybridized carbons (Fsp3) is 0.857. The van der Waals surface area contributed by atoms with Gasteiger partial charge in [-0.3, -0.25) is 4.79 Å². The van der Waals surface area contributed by atoms with Crippen molar-refractivity contribution in [3.05, 3.63) is 0 Å². The van der Waals surface area contributed by atoms with Crippen LogP contribution < -0.4 is 0 Å². The fourth-order valence-corrected chi connectivity index (χ4v) is 1.33. The van der Waals surface area contributed by atoms with Crippen LogP contribution in [0.4, 0.5) is 0 Å². The third kappa shape index (κ3) is 1.29. The summed E-state index contributed by atoms with van der Waals surface area (Å²) in [6.45, 7) is 2.56. The number of carbonyl (C=O) groups is 1. The van der Waals surface area contributed by atoms with E-state index in [-0.39, 0.29) is 12.0 Å². The molecule has 1 aliphatic heterocycles. The Kier molecular flexibility index (Phi) is 2.27. The summed E-state index contributed by atoms with van der Waals surface area (Å²) in [6.07, 6.45) is 1.43. The number of aliphatic carboxylic acids is 1. The number of hydrogen-bond acceptors (Lipinski definition) is 2. The van der Waals surface area contributed by atoms with Crippen LogP contribution in [0.3, 0.4) is 0 Å². The van der Waals surface area contributed by atoms with Crippen molar-refractivity contribution in [2.75, 3.05) is 6.61 Å². The molecule has 0 saturated carbocycles. The number of carboxylic acid groups (broad SMARTS) is 1. The maximum absolute atomic E-state index is 10.5. The first-order chi connectivity index (χ1) is 4.75. The maximum Gasteiger partial charge on any atom is 0.309 e. The second-order valence-corrected chi connectivity index (χ2v) is 2.55. The molecular weight excluding hydrogens is 132 g/mol. The van der Waals surface area contributed by atoms with Gasteiger partial charge in [-0.05, 0) is 12.8 Å². The first kappa shape index (κ1) is 7.54.